The summed E-state index contributed by atoms with van der Waals surface area (Å²) >= 11 is 6.03. The third-order valence-corrected chi connectivity index (χ3v) is 2.77. The van der Waals surface area contributed by atoms with Crippen LogP contribution in [0.15, 0.2) is 30.5 Å². The number of hydroxylamine groups is 2. The summed E-state index contributed by atoms with van der Waals surface area (Å²) in [5.41, 5.74) is 1.39. The van der Waals surface area contributed by atoms with Crippen LogP contribution in [-0.2, 0) is 9.63 Å². The second-order valence-electron chi connectivity index (χ2n) is 3.57. The van der Waals surface area contributed by atoms with Crippen LogP contribution in [-0.4, -0.2) is 34.5 Å². The Labute approximate surface area is 109 Å². The van der Waals surface area contributed by atoms with Crippen molar-refractivity contribution in [1.82, 2.24) is 14.4 Å². The van der Waals surface area contributed by atoms with Gasteiger partial charge in [0, 0.05) is 19.3 Å². The highest BCUT2D eigenvalue weighted by atomic mass is 35.5. The van der Waals surface area contributed by atoms with E-state index in [0.717, 1.165) is 10.7 Å². The van der Waals surface area contributed by atoms with Crippen molar-refractivity contribution in [2.75, 3.05) is 14.2 Å². The van der Waals surface area contributed by atoms with Crippen LogP contribution in [0.2, 0.25) is 5.15 Å². The fraction of sp³-hybridized carbons (Fsp3) is 0.167. The number of halogens is 1. The number of hydrogen-bond donors (Lipinski definition) is 0. The first-order valence-electron chi connectivity index (χ1n) is 5.26. The van der Waals surface area contributed by atoms with Crippen LogP contribution in [0.1, 0.15) is 5.69 Å². The monoisotopic (exact) mass is 265 g/mol. The third-order valence-electron chi connectivity index (χ3n) is 2.49. The average Bonchev–Trinajstić information content (AvgIpc) is 2.70. The van der Waals surface area contributed by atoms with E-state index in [-0.39, 0.29) is 5.91 Å². The van der Waals surface area contributed by atoms with Gasteiger partial charge in [0.25, 0.3) is 5.91 Å². The molecule has 0 aliphatic carbocycles. The molecule has 2 heterocycles. The smallest absolute Gasteiger partial charge is 0.269 e. The number of hydrogen-bond acceptors (Lipinski definition) is 3. The predicted octanol–water partition coefficient (Wildman–Crippen LogP) is 2.02. The minimum atomic E-state index is -0.278. The van der Waals surface area contributed by atoms with Crippen molar-refractivity contribution in [3.63, 3.8) is 0 Å². The summed E-state index contributed by atoms with van der Waals surface area (Å²) in [6.07, 6.45) is 4.82. The fourth-order valence-electron chi connectivity index (χ4n) is 1.48. The Hall–Kier alpha value is -1.85. The molecule has 0 aromatic carbocycles. The second kappa shape index (κ2) is 5.20. The first-order valence-corrected chi connectivity index (χ1v) is 5.63. The number of nitrogens with zero attached hydrogens (tertiary/aromatic N) is 3. The molecular formula is C12H12ClN3O2. The molecule has 0 radical (unpaired) electrons. The lowest BCUT2D eigenvalue weighted by molar-refractivity contribution is -0.162. The van der Waals surface area contributed by atoms with Crippen LogP contribution in [0.5, 0.6) is 0 Å². The van der Waals surface area contributed by atoms with Gasteiger partial charge >= 0.3 is 0 Å². The van der Waals surface area contributed by atoms with Crippen molar-refractivity contribution in [3.8, 4) is 0 Å². The molecule has 0 N–H and O–H groups in total. The normalized spacial score (nSPS) is 11.3. The number of imidazole rings is 1. The van der Waals surface area contributed by atoms with E-state index in [9.17, 15) is 4.79 Å². The van der Waals surface area contributed by atoms with Crippen LogP contribution in [0, 0.1) is 0 Å². The minimum absolute atomic E-state index is 0.278. The summed E-state index contributed by atoms with van der Waals surface area (Å²) in [4.78, 5) is 20.5. The average molecular weight is 266 g/mol. The number of rotatable bonds is 3. The number of carbonyl (C=O) groups excluding carboxylic acids is 1. The van der Waals surface area contributed by atoms with Gasteiger partial charge in [-0.1, -0.05) is 17.7 Å². The molecule has 0 spiro atoms. The molecule has 5 nitrogen and oxygen atoms in total. The number of aromatic nitrogens is 2. The number of amides is 1. The predicted molar refractivity (Wildman–Crippen MR) is 69.0 cm³/mol. The van der Waals surface area contributed by atoms with E-state index >= 15 is 0 Å². The van der Waals surface area contributed by atoms with Gasteiger partial charge in [0.1, 0.15) is 5.65 Å². The number of likely N-dealkylation sites (N-methyl/N-ethyl adjacent to an activating group) is 1. The van der Waals surface area contributed by atoms with Crippen LogP contribution in [0.3, 0.4) is 0 Å². The van der Waals surface area contributed by atoms with Gasteiger partial charge in [-0.15, -0.1) is 0 Å². The highest BCUT2D eigenvalue weighted by molar-refractivity contribution is 6.31. The maximum atomic E-state index is 11.6. The molecule has 0 bridgehead atoms. The van der Waals surface area contributed by atoms with Crippen molar-refractivity contribution in [3.05, 3.63) is 41.3 Å². The van der Waals surface area contributed by atoms with Crippen molar-refractivity contribution < 1.29 is 9.63 Å². The molecule has 94 valence electrons. The van der Waals surface area contributed by atoms with E-state index < -0.39 is 0 Å². The highest BCUT2D eigenvalue weighted by Crippen LogP contribution is 2.18. The standard InChI is InChI=1S/C12H12ClN3O2/c1-15(18-2)11(17)7-6-9-12(13)14-10-5-3-4-8-16(9)10/h3-8H,1-2H3/b7-6+. The van der Waals surface area contributed by atoms with Gasteiger partial charge in [-0.25, -0.2) is 10.0 Å². The number of fused-ring (bicyclic) bond motifs is 1. The van der Waals surface area contributed by atoms with E-state index in [1.807, 2.05) is 24.4 Å². The Bertz CT molecular complexity index is 606. The van der Waals surface area contributed by atoms with Gasteiger partial charge in [0.15, 0.2) is 5.15 Å². The lowest BCUT2D eigenvalue weighted by Crippen LogP contribution is -2.22. The molecule has 0 saturated heterocycles. The topological polar surface area (TPSA) is 46.8 Å². The molecule has 1 amide bonds. The summed E-state index contributed by atoms with van der Waals surface area (Å²) in [7, 11) is 2.95. The largest absolute Gasteiger partial charge is 0.299 e. The summed E-state index contributed by atoms with van der Waals surface area (Å²) in [6, 6.07) is 5.58. The second-order valence-corrected chi connectivity index (χ2v) is 3.93. The molecular weight excluding hydrogens is 254 g/mol. The molecule has 0 fully saturated rings. The highest BCUT2D eigenvalue weighted by Gasteiger charge is 2.08. The summed E-state index contributed by atoms with van der Waals surface area (Å²) in [6.45, 7) is 0. The Morgan fingerprint density at radius 2 is 2.33 bits per heavy atom. The third kappa shape index (κ3) is 2.37. The Balaban J connectivity index is 2.34. The molecule has 0 aliphatic rings. The first-order chi connectivity index (χ1) is 8.63. The van der Waals surface area contributed by atoms with Crippen molar-refractivity contribution in [2.45, 2.75) is 0 Å². The zero-order valence-electron chi connectivity index (χ0n) is 10.0. The number of carbonyl (C=O) groups is 1. The first kappa shape index (κ1) is 12.6. The molecule has 2 aromatic heterocycles. The maximum absolute atomic E-state index is 11.6. The zero-order chi connectivity index (χ0) is 13.1. The van der Waals surface area contributed by atoms with Crippen LogP contribution in [0.4, 0.5) is 0 Å². The molecule has 6 heteroatoms. The molecule has 18 heavy (non-hydrogen) atoms. The summed E-state index contributed by atoms with van der Waals surface area (Å²) < 4.78 is 1.80. The van der Waals surface area contributed by atoms with E-state index in [0.29, 0.717) is 10.8 Å². The van der Waals surface area contributed by atoms with Crippen molar-refractivity contribution in [2.24, 2.45) is 0 Å². The Morgan fingerprint density at radius 1 is 1.56 bits per heavy atom. The van der Waals surface area contributed by atoms with E-state index in [1.165, 1.54) is 20.2 Å². The minimum Gasteiger partial charge on any atom is -0.299 e. The van der Waals surface area contributed by atoms with Gasteiger partial charge in [0.2, 0.25) is 0 Å². The fourth-order valence-corrected chi connectivity index (χ4v) is 1.72. The van der Waals surface area contributed by atoms with Gasteiger partial charge in [0.05, 0.1) is 12.8 Å². The van der Waals surface area contributed by atoms with Gasteiger partial charge in [-0.3, -0.25) is 14.0 Å². The van der Waals surface area contributed by atoms with E-state index in [2.05, 4.69) is 4.98 Å². The molecule has 0 saturated carbocycles. The SMILES string of the molecule is CON(C)C(=O)/C=C/c1c(Cl)nc2ccccn12. The molecule has 0 atom stereocenters. The van der Waals surface area contributed by atoms with E-state index in [1.54, 1.807) is 10.5 Å². The molecule has 0 unspecified atom stereocenters. The Morgan fingerprint density at radius 3 is 3.06 bits per heavy atom. The number of pyridine rings is 1. The summed E-state index contributed by atoms with van der Waals surface area (Å²) in [5.74, 6) is -0.278. The quantitative estimate of drug-likeness (QED) is 0.630. The van der Waals surface area contributed by atoms with Crippen LogP contribution in [0.25, 0.3) is 11.7 Å². The lowest BCUT2D eigenvalue weighted by Gasteiger charge is -2.09. The van der Waals surface area contributed by atoms with Crippen LogP contribution < -0.4 is 0 Å². The molecule has 0 aliphatic heterocycles. The van der Waals surface area contributed by atoms with Gasteiger partial charge in [-0.2, -0.15) is 0 Å². The van der Waals surface area contributed by atoms with E-state index in [4.69, 9.17) is 16.4 Å². The Kier molecular flexibility index (Phi) is 3.64. The van der Waals surface area contributed by atoms with Gasteiger partial charge in [-0.05, 0) is 18.2 Å². The maximum Gasteiger partial charge on any atom is 0.269 e. The van der Waals surface area contributed by atoms with Crippen LogP contribution >= 0.6 is 11.6 Å². The van der Waals surface area contributed by atoms with Crippen molar-refractivity contribution in [1.29, 1.82) is 0 Å². The zero-order valence-corrected chi connectivity index (χ0v) is 10.8. The lowest BCUT2D eigenvalue weighted by atomic mass is 10.4. The van der Waals surface area contributed by atoms with Gasteiger partial charge < -0.3 is 0 Å². The molecule has 2 rings (SSSR count). The molecule has 2 aromatic rings. The summed E-state index contributed by atoms with van der Waals surface area (Å²) in [5, 5.41) is 1.47. The van der Waals surface area contributed by atoms with Crippen molar-refractivity contribution >= 4 is 29.2 Å².